The molecule has 1 aromatic heterocycles. The third-order valence-corrected chi connectivity index (χ3v) is 3.23. The summed E-state index contributed by atoms with van der Waals surface area (Å²) in [7, 11) is 0. The highest BCUT2D eigenvalue weighted by Gasteiger charge is 2.30. The molecule has 1 atom stereocenters. The number of aryl methyl sites for hydroxylation is 1. The van der Waals surface area contributed by atoms with E-state index in [0.29, 0.717) is 0 Å². The van der Waals surface area contributed by atoms with Gasteiger partial charge in [-0.05, 0) is 32.2 Å². The second kappa shape index (κ2) is 5.86. The molecule has 0 saturated heterocycles. The summed E-state index contributed by atoms with van der Waals surface area (Å²) in [6, 6.07) is 0.184. The van der Waals surface area contributed by atoms with Crippen LogP contribution in [-0.2, 0) is 12.8 Å². The van der Waals surface area contributed by atoms with Crippen LogP contribution in [0.3, 0.4) is 0 Å². The molecule has 0 radical (unpaired) electrons. The molecule has 1 aliphatic rings. The van der Waals surface area contributed by atoms with Crippen LogP contribution in [-0.4, -0.2) is 22.7 Å². The Morgan fingerprint density at radius 1 is 1.42 bits per heavy atom. The van der Waals surface area contributed by atoms with Crippen molar-refractivity contribution in [1.82, 2.24) is 15.3 Å². The Kier molecular flexibility index (Phi) is 4.39. The van der Waals surface area contributed by atoms with Gasteiger partial charge in [-0.1, -0.05) is 6.92 Å². The molecule has 0 aromatic carbocycles. The standard InChI is InChI=1S/C13H18F3N3/c1-2-6-17-10-4-3-5-11-9(10)8-18-12(19-11)7-13(14,15)16/h8,10,17H,2-7H2,1H3. The molecule has 1 aliphatic carbocycles. The SMILES string of the molecule is CCCNC1CCCc2nc(CC(F)(F)F)ncc21. The Balaban J connectivity index is 2.16. The highest BCUT2D eigenvalue weighted by molar-refractivity contribution is 5.24. The van der Waals surface area contributed by atoms with Crippen molar-refractivity contribution in [1.29, 1.82) is 0 Å². The summed E-state index contributed by atoms with van der Waals surface area (Å²) in [6.45, 7) is 2.98. The van der Waals surface area contributed by atoms with Crippen molar-refractivity contribution < 1.29 is 13.2 Å². The van der Waals surface area contributed by atoms with Crippen LogP contribution in [0.2, 0.25) is 0 Å². The lowest BCUT2D eigenvalue weighted by Crippen LogP contribution is -2.27. The zero-order chi connectivity index (χ0) is 13.9. The largest absolute Gasteiger partial charge is 0.396 e. The monoisotopic (exact) mass is 273 g/mol. The van der Waals surface area contributed by atoms with Gasteiger partial charge in [0.1, 0.15) is 12.2 Å². The van der Waals surface area contributed by atoms with Gasteiger partial charge in [-0.25, -0.2) is 9.97 Å². The van der Waals surface area contributed by atoms with Gasteiger partial charge >= 0.3 is 6.18 Å². The lowest BCUT2D eigenvalue weighted by atomic mass is 9.92. The van der Waals surface area contributed by atoms with E-state index < -0.39 is 12.6 Å². The number of hydrogen-bond donors (Lipinski definition) is 1. The van der Waals surface area contributed by atoms with Crippen molar-refractivity contribution in [2.75, 3.05) is 6.54 Å². The zero-order valence-corrected chi connectivity index (χ0v) is 10.9. The summed E-state index contributed by atoms with van der Waals surface area (Å²) in [4.78, 5) is 7.95. The molecule has 0 saturated carbocycles. The normalized spacial score (nSPS) is 19.3. The molecule has 0 spiro atoms. The third-order valence-electron chi connectivity index (χ3n) is 3.23. The average molecular weight is 273 g/mol. The Bertz CT molecular complexity index is 432. The lowest BCUT2D eigenvalue weighted by Gasteiger charge is -2.25. The van der Waals surface area contributed by atoms with Gasteiger partial charge in [0.25, 0.3) is 0 Å². The van der Waals surface area contributed by atoms with Gasteiger partial charge in [0, 0.05) is 23.5 Å². The predicted octanol–water partition coefficient (Wildman–Crippen LogP) is 2.96. The molecule has 106 valence electrons. The number of halogens is 3. The van der Waals surface area contributed by atoms with Crippen LogP contribution in [0.4, 0.5) is 13.2 Å². The number of alkyl halides is 3. The van der Waals surface area contributed by atoms with Crippen molar-refractivity contribution in [3.05, 3.63) is 23.3 Å². The Morgan fingerprint density at radius 2 is 2.21 bits per heavy atom. The van der Waals surface area contributed by atoms with Gasteiger partial charge in [-0.3, -0.25) is 0 Å². The maximum Gasteiger partial charge on any atom is 0.396 e. The molecule has 3 nitrogen and oxygen atoms in total. The minimum Gasteiger partial charge on any atom is -0.310 e. The molecule has 0 fully saturated rings. The van der Waals surface area contributed by atoms with Crippen molar-refractivity contribution >= 4 is 0 Å². The Labute approximate surface area is 110 Å². The summed E-state index contributed by atoms with van der Waals surface area (Å²) >= 11 is 0. The number of aromatic nitrogens is 2. The second-order valence-corrected chi connectivity index (χ2v) is 4.88. The number of rotatable bonds is 4. The first-order valence-electron chi connectivity index (χ1n) is 6.64. The minimum atomic E-state index is -4.25. The fourth-order valence-electron chi connectivity index (χ4n) is 2.38. The van der Waals surface area contributed by atoms with E-state index >= 15 is 0 Å². The van der Waals surface area contributed by atoms with Gasteiger partial charge in [-0.15, -0.1) is 0 Å². The summed E-state index contributed by atoms with van der Waals surface area (Å²) in [5, 5.41) is 3.39. The molecule has 2 rings (SSSR count). The Morgan fingerprint density at radius 3 is 2.89 bits per heavy atom. The van der Waals surface area contributed by atoms with Gasteiger partial charge in [0.2, 0.25) is 0 Å². The summed E-state index contributed by atoms with van der Waals surface area (Å²) in [5.74, 6) is -0.123. The van der Waals surface area contributed by atoms with E-state index in [-0.39, 0.29) is 11.9 Å². The van der Waals surface area contributed by atoms with E-state index in [1.54, 1.807) is 6.20 Å². The highest BCUT2D eigenvalue weighted by atomic mass is 19.4. The third kappa shape index (κ3) is 3.89. The molecule has 1 heterocycles. The first kappa shape index (κ1) is 14.2. The van der Waals surface area contributed by atoms with Crippen LogP contribution in [0.5, 0.6) is 0 Å². The Hall–Kier alpha value is -1.17. The zero-order valence-electron chi connectivity index (χ0n) is 10.9. The number of fused-ring (bicyclic) bond motifs is 1. The van der Waals surface area contributed by atoms with E-state index in [9.17, 15) is 13.2 Å². The molecule has 19 heavy (non-hydrogen) atoms. The van der Waals surface area contributed by atoms with E-state index in [2.05, 4.69) is 22.2 Å². The molecular weight excluding hydrogens is 255 g/mol. The van der Waals surface area contributed by atoms with Gasteiger partial charge in [0.05, 0.1) is 0 Å². The first-order chi connectivity index (χ1) is 8.99. The maximum atomic E-state index is 12.3. The van der Waals surface area contributed by atoms with Gasteiger partial charge in [-0.2, -0.15) is 13.2 Å². The fraction of sp³-hybridized carbons (Fsp3) is 0.692. The van der Waals surface area contributed by atoms with E-state index in [1.165, 1.54) is 0 Å². The predicted molar refractivity (Wildman–Crippen MR) is 65.8 cm³/mol. The second-order valence-electron chi connectivity index (χ2n) is 4.88. The van der Waals surface area contributed by atoms with E-state index in [0.717, 1.165) is 43.5 Å². The molecule has 1 unspecified atom stereocenters. The molecule has 0 bridgehead atoms. The van der Waals surface area contributed by atoms with Crippen LogP contribution < -0.4 is 5.32 Å². The number of hydrogen-bond acceptors (Lipinski definition) is 3. The van der Waals surface area contributed by atoms with Crippen LogP contribution in [0.15, 0.2) is 6.20 Å². The maximum absolute atomic E-state index is 12.3. The van der Waals surface area contributed by atoms with Crippen LogP contribution in [0.25, 0.3) is 0 Å². The molecule has 1 N–H and O–H groups in total. The highest BCUT2D eigenvalue weighted by Crippen LogP contribution is 2.29. The summed E-state index contributed by atoms with van der Waals surface area (Å²) in [6.07, 6.45) is -0.0102. The average Bonchev–Trinajstić information content (AvgIpc) is 2.34. The molecule has 0 aliphatic heterocycles. The van der Waals surface area contributed by atoms with Crippen LogP contribution in [0.1, 0.15) is 49.3 Å². The van der Waals surface area contributed by atoms with Gasteiger partial charge in [0.15, 0.2) is 0 Å². The molecule has 0 amide bonds. The summed E-state index contributed by atoms with van der Waals surface area (Å²) < 4.78 is 37.0. The van der Waals surface area contributed by atoms with Gasteiger partial charge < -0.3 is 5.32 Å². The smallest absolute Gasteiger partial charge is 0.310 e. The van der Waals surface area contributed by atoms with Crippen LogP contribution in [0, 0.1) is 0 Å². The topological polar surface area (TPSA) is 37.8 Å². The van der Waals surface area contributed by atoms with Crippen LogP contribution >= 0.6 is 0 Å². The van der Waals surface area contributed by atoms with Crippen molar-refractivity contribution in [2.45, 2.75) is 51.2 Å². The first-order valence-corrected chi connectivity index (χ1v) is 6.64. The lowest BCUT2D eigenvalue weighted by molar-refractivity contribution is -0.128. The minimum absolute atomic E-state index is 0.123. The molecular formula is C13H18F3N3. The van der Waals surface area contributed by atoms with Crippen molar-refractivity contribution in [3.63, 3.8) is 0 Å². The van der Waals surface area contributed by atoms with E-state index in [4.69, 9.17) is 0 Å². The molecule has 1 aromatic rings. The summed E-state index contributed by atoms with van der Waals surface area (Å²) in [5.41, 5.74) is 1.74. The van der Waals surface area contributed by atoms with Crippen molar-refractivity contribution in [2.24, 2.45) is 0 Å². The number of nitrogens with one attached hydrogen (secondary N) is 1. The molecule has 6 heteroatoms. The fourth-order valence-corrected chi connectivity index (χ4v) is 2.38. The van der Waals surface area contributed by atoms with E-state index in [1.807, 2.05) is 0 Å². The quantitative estimate of drug-likeness (QED) is 0.916. The number of nitrogens with zero attached hydrogens (tertiary/aromatic N) is 2. The van der Waals surface area contributed by atoms with Crippen molar-refractivity contribution in [3.8, 4) is 0 Å².